The van der Waals surface area contributed by atoms with E-state index >= 15 is 0 Å². The van der Waals surface area contributed by atoms with Gasteiger partial charge in [-0.25, -0.2) is 9.78 Å². The molecule has 0 aliphatic carbocycles. The molecule has 146 valence electrons. The van der Waals surface area contributed by atoms with E-state index in [0.29, 0.717) is 33.7 Å². The third-order valence-corrected chi connectivity index (χ3v) is 4.25. The zero-order valence-electron chi connectivity index (χ0n) is 16.0. The molecule has 2 aromatic carbocycles. The Hall–Kier alpha value is -3.89. The van der Waals surface area contributed by atoms with Crippen LogP contribution in [0.4, 0.5) is 5.82 Å². The van der Waals surface area contributed by atoms with Gasteiger partial charge in [-0.05, 0) is 35.9 Å². The molecule has 0 spiro atoms. The van der Waals surface area contributed by atoms with Crippen LogP contribution in [0.3, 0.4) is 0 Å². The summed E-state index contributed by atoms with van der Waals surface area (Å²) in [5, 5.41) is 9.61. The van der Waals surface area contributed by atoms with Crippen LogP contribution in [0.2, 0.25) is 0 Å². The Kier molecular flexibility index (Phi) is 6.07. The molecule has 0 saturated carbocycles. The summed E-state index contributed by atoms with van der Waals surface area (Å²) in [6, 6.07) is 18.0. The van der Waals surface area contributed by atoms with Gasteiger partial charge < -0.3 is 19.9 Å². The lowest BCUT2D eigenvalue weighted by atomic mass is 9.97. The predicted octanol–water partition coefficient (Wildman–Crippen LogP) is 3.64. The summed E-state index contributed by atoms with van der Waals surface area (Å²) in [6.45, 7) is 0.0802. The number of nitrogens with zero attached hydrogens (tertiary/aromatic N) is 2. The maximum Gasteiger partial charge on any atom is 0.337 e. The summed E-state index contributed by atoms with van der Waals surface area (Å²) in [5.74, 6) is 0.191. The first-order chi connectivity index (χ1) is 14.1. The first-order valence-electron chi connectivity index (χ1n) is 8.69. The predicted molar refractivity (Wildman–Crippen MR) is 108 cm³/mol. The first-order valence-corrected chi connectivity index (χ1v) is 8.69. The second kappa shape index (κ2) is 8.87. The Morgan fingerprint density at radius 3 is 2.62 bits per heavy atom. The van der Waals surface area contributed by atoms with E-state index in [1.807, 2.05) is 18.2 Å². The van der Waals surface area contributed by atoms with Gasteiger partial charge in [-0.2, -0.15) is 5.26 Å². The number of para-hydroxylation sites is 1. The average molecular weight is 389 g/mol. The van der Waals surface area contributed by atoms with Gasteiger partial charge in [0, 0.05) is 18.2 Å². The van der Waals surface area contributed by atoms with Crippen LogP contribution in [0, 0.1) is 11.3 Å². The van der Waals surface area contributed by atoms with E-state index in [-0.39, 0.29) is 18.2 Å². The van der Waals surface area contributed by atoms with Crippen LogP contribution in [-0.2, 0) is 9.47 Å². The van der Waals surface area contributed by atoms with Crippen molar-refractivity contribution in [2.45, 2.75) is 0 Å². The maximum absolute atomic E-state index is 11.9. The standard InChI is InChI=1S/C22H19N3O4/c1-27-13-29-20-9-4-3-8-16(20)19-11-17(18(12-23)21(24)25-19)14-6-5-7-15(10-14)22(26)28-2/h3-11H,13H2,1-2H3,(H2,24,25). The average Bonchev–Trinajstić information content (AvgIpc) is 2.76. The Morgan fingerprint density at radius 2 is 1.90 bits per heavy atom. The van der Waals surface area contributed by atoms with Crippen molar-refractivity contribution in [3.8, 4) is 34.2 Å². The highest BCUT2D eigenvalue weighted by Crippen LogP contribution is 2.35. The van der Waals surface area contributed by atoms with Gasteiger partial charge in [0.15, 0.2) is 6.79 Å². The zero-order valence-corrected chi connectivity index (χ0v) is 16.0. The van der Waals surface area contributed by atoms with Gasteiger partial charge in [0.25, 0.3) is 0 Å². The molecule has 0 radical (unpaired) electrons. The number of methoxy groups -OCH3 is 2. The van der Waals surface area contributed by atoms with Gasteiger partial charge in [-0.15, -0.1) is 0 Å². The fourth-order valence-electron chi connectivity index (χ4n) is 2.91. The third kappa shape index (κ3) is 4.18. The number of benzene rings is 2. The molecule has 0 aliphatic rings. The van der Waals surface area contributed by atoms with Crippen molar-refractivity contribution in [3.63, 3.8) is 0 Å². The van der Waals surface area contributed by atoms with E-state index < -0.39 is 5.97 Å². The molecule has 7 heteroatoms. The quantitative estimate of drug-likeness (QED) is 0.506. The summed E-state index contributed by atoms with van der Waals surface area (Å²) in [5.41, 5.74) is 9.13. The van der Waals surface area contributed by atoms with Crippen LogP contribution < -0.4 is 10.5 Å². The highest BCUT2D eigenvalue weighted by molar-refractivity contribution is 5.92. The number of carbonyl (C=O) groups is 1. The van der Waals surface area contributed by atoms with Gasteiger partial charge in [-0.1, -0.05) is 24.3 Å². The lowest BCUT2D eigenvalue weighted by Crippen LogP contribution is -2.04. The van der Waals surface area contributed by atoms with Gasteiger partial charge >= 0.3 is 5.97 Å². The molecule has 0 atom stereocenters. The summed E-state index contributed by atoms with van der Waals surface area (Å²) in [4.78, 5) is 16.3. The number of hydrogen-bond donors (Lipinski definition) is 1. The molecular formula is C22H19N3O4. The number of rotatable bonds is 6. The third-order valence-electron chi connectivity index (χ3n) is 4.25. The van der Waals surface area contributed by atoms with Crippen molar-refractivity contribution >= 4 is 11.8 Å². The summed E-state index contributed by atoms with van der Waals surface area (Å²) < 4.78 is 15.4. The SMILES string of the molecule is COCOc1ccccc1-c1cc(-c2cccc(C(=O)OC)c2)c(C#N)c(N)n1. The summed E-state index contributed by atoms with van der Waals surface area (Å²) in [6.07, 6.45) is 0. The Morgan fingerprint density at radius 1 is 1.10 bits per heavy atom. The molecule has 1 heterocycles. The second-order valence-electron chi connectivity index (χ2n) is 6.05. The summed E-state index contributed by atoms with van der Waals surface area (Å²) >= 11 is 0. The van der Waals surface area contributed by atoms with Gasteiger partial charge in [-0.3, -0.25) is 0 Å². The van der Waals surface area contributed by atoms with E-state index in [0.717, 1.165) is 0 Å². The minimum Gasteiger partial charge on any atom is -0.467 e. The first kappa shape index (κ1) is 19.9. The zero-order chi connectivity index (χ0) is 20.8. The molecule has 2 N–H and O–H groups in total. The van der Waals surface area contributed by atoms with E-state index in [9.17, 15) is 10.1 Å². The van der Waals surface area contributed by atoms with Crippen molar-refractivity contribution in [2.24, 2.45) is 0 Å². The molecule has 3 rings (SSSR count). The lowest BCUT2D eigenvalue weighted by Gasteiger charge is -2.14. The van der Waals surface area contributed by atoms with E-state index in [1.54, 1.807) is 36.4 Å². The van der Waals surface area contributed by atoms with Crippen LogP contribution in [0.25, 0.3) is 22.4 Å². The minimum atomic E-state index is -0.467. The van der Waals surface area contributed by atoms with Crippen LogP contribution in [0.1, 0.15) is 15.9 Å². The van der Waals surface area contributed by atoms with Crippen molar-refractivity contribution in [1.29, 1.82) is 5.26 Å². The fraction of sp³-hybridized carbons (Fsp3) is 0.136. The van der Waals surface area contributed by atoms with Crippen LogP contribution >= 0.6 is 0 Å². The van der Waals surface area contributed by atoms with E-state index in [4.69, 9.17) is 19.9 Å². The van der Waals surface area contributed by atoms with E-state index in [2.05, 4.69) is 11.1 Å². The number of esters is 1. The van der Waals surface area contributed by atoms with Crippen LogP contribution in [0.15, 0.2) is 54.6 Å². The van der Waals surface area contributed by atoms with Crippen molar-refractivity contribution in [3.05, 3.63) is 65.7 Å². The van der Waals surface area contributed by atoms with Crippen molar-refractivity contribution in [1.82, 2.24) is 4.98 Å². The monoisotopic (exact) mass is 389 g/mol. The van der Waals surface area contributed by atoms with Gasteiger partial charge in [0.1, 0.15) is 23.2 Å². The highest BCUT2D eigenvalue weighted by Gasteiger charge is 2.17. The number of anilines is 1. The molecule has 0 unspecified atom stereocenters. The summed E-state index contributed by atoms with van der Waals surface area (Å²) in [7, 11) is 2.85. The van der Waals surface area contributed by atoms with E-state index in [1.165, 1.54) is 14.2 Å². The molecule has 0 aliphatic heterocycles. The number of pyridine rings is 1. The molecule has 3 aromatic rings. The minimum absolute atomic E-state index is 0.0802. The second-order valence-corrected chi connectivity index (χ2v) is 6.05. The van der Waals surface area contributed by atoms with Crippen LogP contribution in [0.5, 0.6) is 5.75 Å². The number of nitrogens with two attached hydrogens (primary N) is 1. The normalized spacial score (nSPS) is 10.2. The van der Waals surface area contributed by atoms with Gasteiger partial charge in [0.2, 0.25) is 0 Å². The highest BCUT2D eigenvalue weighted by atomic mass is 16.7. The Bertz CT molecular complexity index is 1090. The molecule has 0 bridgehead atoms. The van der Waals surface area contributed by atoms with Gasteiger partial charge in [0.05, 0.1) is 18.4 Å². The number of hydrogen-bond acceptors (Lipinski definition) is 7. The molecule has 1 aromatic heterocycles. The number of aromatic nitrogens is 1. The number of carbonyl (C=O) groups excluding carboxylic acids is 1. The van der Waals surface area contributed by atoms with Crippen molar-refractivity contribution < 1.29 is 19.0 Å². The fourth-order valence-corrected chi connectivity index (χ4v) is 2.91. The van der Waals surface area contributed by atoms with Crippen molar-refractivity contribution in [2.75, 3.05) is 26.7 Å². The molecule has 0 fully saturated rings. The maximum atomic E-state index is 11.9. The number of nitrogen functional groups attached to an aromatic ring is 1. The topological polar surface area (TPSA) is 107 Å². The number of ether oxygens (including phenoxy) is 3. The molecular weight excluding hydrogens is 370 g/mol. The largest absolute Gasteiger partial charge is 0.467 e. The molecule has 0 amide bonds. The smallest absolute Gasteiger partial charge is 0.337 e. The lowest BCUT2D eigenvalue weighted by molar-refractivity contribution is 0.0515. The Balaban J connectivity index is 2.17. The van der Waals surface area contributed by atoms with Crippen LogP contribution in [-0.4, -0.2) is 32.0 Å². The Labute approximate surface area is 168 Å². The number of nitriles is 1. The molecule has 7 nitrogen and oxygen atoms in total. The molecule has 0 saturated heterocycles. The molecule has 29 heavy (non-hydrogen) atoms.